The normalized spacial score (nSPS) is 11.6. The van der Waals surface area contributed by atoms with Crippen molar-refractivity contribution in [3.05, 3.63) is 34.6 Å². The van der Waals surface area contributed by atoms with Gasteiger partial charge in [0.1, 0.15) is 13.1 Å². The number of methoxy groups -OCH3 is 1. The van der Waals surface area contributed by atoms with E-state index in [9.17, 15) is 10.1 Å². The molecule has 0 fully saturated rings. The van der Waals surface area contributed by atoms with Crippen molar-refractivity contribution in [2.75, 3.05) is 13.7 Å². The van der Waals surface area contributed by atoms with Crippen LogP contribution in [0.3, 0.4) is 0 Å². The van der Waals surface area contributed by atoms with Gasteiger partial charge in [-0.05, 0) is 24.3 Å². The molecule has 0 saturated carbocycles. The Morgan fingerprint density at radius 2 is 1.64 bits per heavy atom. The second-order valence-electron chi connectivity index (χ2n) is 9.75. The van der Waals surface area contributed by atoms with Crippen LogP contribution in [0, 0.1) is 15.5 Å². The van der Waals surface area contributed by atoms with Crippen molar-refractivity contribution in [3.8, 4) is 17.1 Å². The van der Waals surface area contributed by atoms with Crippen LogP contribution in [0.2, 0.25) is 0 Å². The van der Waals surface area contributed by atoms with Gasteiger partial charge in [0.2, 0.25) is 5.75 Å². The number of nitrogens with zero attached hydrogens (tertiary/aromatic N) is 4. The molecule has 8 heteroatoms. The fourth-order valence-electron chi connectivity index (χ4n) is 3.79. The van der Waals surface area contributed by atoms with Gasteiger partial charge in [-0.1, -0.05) is 78.2 Å². The summed E-state index contributed by atoms with van der Waals surface area (Å²) >= 11 is 0. The summed E-state index contributed by atoms with van der Waals surface area (Å²) in [6, 6.07) is 4.70. The summed E-state index contributed by atoms with van der Waals surface area (Å²) in [7, 11) is 1.40. The fourth-order valence-corrected chi connectivity index (χ4v) is 3.79. The Morgan fingerprint density at radius 1 is 1.00 bits per heavy atom. The van der Waals surface area contributed by atoms with Crippen molar-refractivity contribution in [1.82, 2.24) is 14.8 Å². The SMILES string of the molecule is COc1c(-c2ncn(COCCCCCCCCCCCC(C)(C)C)n2)cccc1[N+](=O)[O-]. The number of ether oxygens (including phenoxy) is 2. The fraction of sp³-hybridized carbons (Fsp3) is 0.680. The Bertz CT molecular complexity index is 845. The van der Waals surface area contributed by atoms with Crippen molar-refractivity contribution in [3.63, 3.8) is 0 Å². The van der Waals surface area contributed by atoms with Gasteiger partial charge in [-0.3, -0.25) is 10.1 Å². The van der Waals surface area contributed by atoms with E-state index in [1.165, 1.54) is 71.0 Å². The largest absolute Gasteiger partial charge is 0.490 e. The lowest BCUT2D eigenvalue weighted by atomic mass is 9.89. The van der Waals surface area contributed by atoms with Crippen molar-refractivity contribution in [2.45, 2.75) is 91.7 Å². The van der Waals surface area contributed by atoms with Gasteiger partial charge in [0.05, 0.1) is 17.6 Å². The van der Waals surface area contributed by atoms with Gasteiger partial charge in [0, 0.05) is 12.7 Å². The molecule has 0 amide bonds. The molecule has 0 aliphatic heterocycles. The van der Waals surface area contributed by atoms with Crippen LogP contribution < -0.4 is 4.74 Å². The highest BCUT2D eigenvalue weighted by molar-refractivity contribution is 5.70. The number of unbranched alkanes of at least 4 members (excludes halogenated alkanes) is 8. The van der Waals surface area contributed by atoms with E-state index in [4.69, 9.17) is 9.47 Å². The molecule has 0 radical (unpaired) electrons. The monoisotopic (exact) mass is 460 g/mol. The van der Waals surface area contributed by atoms with Crippen LogP contribution in [0.1, 0.15) is 85.0 Å². The minimum atomic E-state index is -0.476. The Balaban J connectivity index is 1.57. The lowest BCUT2D eigenvalue weighted by Gasteiger charge is -2.17. The first-order chi connectivity index (χ1) is 15.8. The molecular weight excluding hydrogens is 420 g/mol. The number of hydrogen-bond donors (Lipinski definition) is 0. The molecule has 0 aliphatic rings. The lowest BCUT2D eigenvalue weighted by Crippen LogP contribution is -2.04. The van der Waals surface area contributed by atoms with Crippen LogP contribution in [-0.4, -0.2) is 33.4 Å². The van der Waals surface area contributed by atoms with Gasteiger partial charge in [-0.15, -0.1) is 5.10 Å². The topological polar surface area (TPSA) is 92.3 Å². The van der Waals surface area contributed by atoms with E-state index in [2.05, 4.69) is 30.9 Å². The zero-order valence-corrected chi connectivity index (χ0v) is 20.7. The summed E-state index contributed by atoms with van der Waals surface area (Å²) in [5, 5.41) is 15.6. The number of benzene rings is 1. The molecule has 2 rings (SSSR count). The van der Waals surface area contributed by atoms with Crippen LogP contribution in [0.25, 0.3) is 11.4 Å². The number of nitro benzene ring substituents is 1. The number of nitro groups is 1. The van der Waals surface area contributed by atoms with Crippen molar-refractivity contribution >= 4 is 5.69 Å². The van der Waals surface area contributed by atoms with Crippen LogP contribution >= 0.6 is 0 Å². The molecule has 1 heterocycles. The predicted octanol–water partition coefficient (Wildman–Crippen LogP) is 6.78. The second-order valence-corrected chi connectivity index (χ2v) is 9.75. The summed E-state index contributed by atoms with van der Waals surface area (Å²) in [6.07, 6.45) is 14.4. The number of aromatic nitrogens is 3. The Hall–Kier alpha value is -2.48. The molecule has 1 aromatic carbocycles. The Morgan fingerprint density at radius 3 is 2.24 bits per heavy atom. The Kier molecular flexibility index (Phi) is 11.3. The van der Waals surface area contributed by atoms with E-state index < -0.39 is 4.92 Å². The molecule has 0 spiro atoms. The van der Waals surface area contributed by atoms with E-state index in [-0.39, 0.29) is 11.4 Å². The highest BCUT2D eigenvalue weighted by Gasteiger charge is 2.21. The molecule has 2 aromatic rings. The van der Waals surface area contributed by atoms with E-state index in [1.54, 1.807) is 23.1 Å². The summed E-state index contributed by atoms with van der Waals surface area (Å²) in [6.45, 7) is 7.94. The van der Waals surface area contributed by atoms with Gasteiger partial charge < -0.3 is 9.47 Å². The highest BCUT2D eigenvalue weighted by Crippen LogP contribution is 2.35. The van der Waals surface area contributed by atoms with Gasteiger partial charge in [0.25, 0.3) is 0 Å². The third-order valence-corrected chi connectivity index (χ3v) is 5.61. The zero-order valence-electron chi connectivity index (χ0n) is 20.7. The van der Waals surface area contributed by atoms with Crippen molar-refractivity contribution in [2.24, 2.45) is 5.41 Å². The Labute approximate surface area is 197 Å². The van der Waals surface area contributed by atoms with Gasteiger partial charge in [0.15, 0.2) is 5.82 Å². The second kappa shape index (κ2) is 13.9. The van der Waals surface area contributed by atoms with Gasteiger partial charge >= 0.3 is 5.69 Å². The predicted molar refractivity (Wildman–Crippen MR) is 130 cm³/mol. The number of rotatable bonds is 16. The van der Waals surface area contributed by atoms with Crippen LogP contribution in [-0.2, 0) is 11.5 Å². The summed E-state index contributed by atoms with van der Waals surface area (Å²) in [5.41, 5.74) is 0.847. The van der Waals surface area contributed by atoms with E-state index in [0.717, 1.165) is 6.42 Å². The van der Waals surface area contributed by atoms with Crippen molar-refractivity contribution in [1.29, 1.82) is 0 Å². The molecule has 0 saturated heterocycles. The smallest absolute Gasteiger partial charge is 0.311 e. The molecule has 0 bridgehead atoms. The number of hydrogen-bond acceptors (Lipinski definition) is 6. The standard InChI is InChI=1S/C25H40N4O4/c1-25(2,3)17-12-10-8-6-5-7-9-11-13-18-33-20-28-19-26-24(27-28)21-15-14-16-22(29(30)31)23(21)32-4/h14-16,19H,5-13,17-18,20H2,1-4H3. The lowest BCUT2D eigenvalue weighted by molar-refractivity contribution is -0.385. The number of para-hydroxylation sites is 1. The molecule has 184 valence electrons. The van der Waals surface area contributed by atoms with Crippen molar-refractivity contribution < 1.29 is 14.4 Å². The van der Waals surface area contributed by atoms with E-state index in [0.29, 0.717) is 30.1 Å². The molecule has 33 heavy (non-hydrogen) atoms. The molecule has 0 unspecified atom stereocenters. The van der Waals surface area contributed by atoms with E-state index in [1.807, 2.05) is 0 Å². The van der Waals surface area contributed by atoms with Crippen LogP contribution in [0.5, 0.6) is 5.75 Å². The van der Waals surface area contributed by atoms with Gasteiger partial charge in [-0.2, -0.15) is 0 Å². The summed E-state index contributed by atoms with van der Waals surface area (Å²) in [5.74, 6) is 0.531. The summed E-state index contributed by atoms with van der Waals surface area (Å²) in [4.78, 5) is 15.0. The van der Waals surface area contributed by atoms with E-state index >= 15 is 0 Å². The minimum absolute atomic E-state index is 0.108. The summed E-state index contributed by atoms with van der Waals surface area (Å²) < 4.78 is 12.5. The average molecular weight is 461 g/mol. The molecule has 0 atom stereocenters. The minimum Gasteiger partial charge on any atom is -0.490 e. The first-order valence-corrected chi connectivity index (χ1v) is 12.1. The molecule has 0 aliphatic carbocycles. The molecule has 1 aromatic heterocycles. The quantitative estimate of drug-likeness (QED) is 0.156. The zero-order chi connectivity index (χ0) is 24.1. The maximum Gasteiger partial charge on any atom is 0.311 e. The van der Waals surface area contributed by atoms with Crippen LogP contribution in [0.4, 0.5) is 5.69 Å². The van der Waals surface area contributed by atoms with Gasteiger partial charge in [-0.25, -0.2) is 9.67 Å². The molecule has 8 nitrogen and oxygen atoms in total. The first kappa shape index (κ1) is 26.8. The van der Waals surface area contributed by atoms with Crippen LogP contribution in [0.15, 0.2) is 24.5 Å². The molecular formula is C25H40N4O4. The molecule has 0 N–H and O–H groups in total. The first-order valence-electron chi connectivity index (χ1n) is 12.1. The maximum absolute atomic E-state index is 11.2. The third-order valence-electron chi connectivity index (χ3n) is 5.61. The third kappa shape index (κ3) is 9.90. The maximum atomic E-state index is 11.2. The average Bonchev–Trinajstić information content (AvgIpc) is 3.24. The highest BCUT2D eigenvalue weighted by atomic mass is 16.6.